The third kappa shape index (κ3) is 1.75. The number of hydrogen-bond donors (Lipinski definition) is 1. The lowest BCUT2D eigenvalue weighted by Gasteiger charge is -2.06. The van der Waals surface area contributed by atoms with Crippen molar-refractivity contribution in [3.05, 3.63) is 23.8 Å². The van der Waals surface area contributed by atoms with Crippen LogP contribution in [0.5, 0.6) is 11.5 Å². The van der Waals surface area contributed by atoms with Gasteiger partial charge in [0.05, 0.1) is 14.2 Å². The summed E-state index contributed by atoms with van der Waals surface area (Å²) in [7, 11) is 3.33. The Kier molecular flexibility index (Phi) is 2.10. The lowest BCUT2D eigenvalue weighted by Crippen LogP contribution is -1.91. The Morgan fingerprint density at radius 2 is 1.69 bits per heavy atom. The van der Waals surface area contributed by atoms with Gasteiger partial charge in [-0.1, -0.05) is 0 Å². The first-order valence-electron chi connectivity index (χ1n) is 4.30. The van der Waals surface area contributed by atoms with E-state index in [9.17, 15) is 0 Å². The second-order valence-electron chi connectivity index (χ2n) is 3.11. The van der Waals surface area contributed by atoms with E-state index in [-0.39, 0.29) is 0 Å². The summed E-state index contributed by atoms with van der Waals surface area (Å²) in [6.45, 7) is 1.05. The standard InChI is InChI=1S/C10H13NO2/c1-12-8-3-7(10-6-11-10)4-9(5-8)13-2/h3-5,10-11H,6H2,1-2H3/t10-/m1/s1. The Bertz CT molecular complexity index is 286. The lowest BCUT2D eigenvalue weighted by molar-refractivity contribution is 0.393. The van der Waals surface area contributed by atoms with E-state index in [1.54, 1.807) is 14.2 Å². The van der Waals surface area contributed by atoms with Crippen LogP contribution in [0.2, 0.25) is 0 Å². The molecule has 2 rings (SSSR count). The molecule has 1 N–H and O–H groups in total. The molecule has 1 heterocycles. The molecular formula is C10H13NO2. The van der Waals surface area contributed by atoms with Crippen molar-refractivity contribution in [2.75, 3.05) is 20.8 Å². The number of rotatable bonds is 3. The van der Waals surface area contributed by atoms with Gasteiger partial charge in [-0.2, -0.15) is 0 Å². The van der Waals surface area contributed by atoms with Gasteiger partial charge in [0.25, 0.3) is 0 Å². The van der Waals surface area contributed by atoms with Crippen molar-refractivity contribution in [2.45, 2.75) is 6.04 Å². The molecule has 1 saturated heterocycles. The fraction of sp³-hybridized carbons (Fsp3) is 0.400. The highest BCUT2D eigenvalue weighted by Crippen LogP contribution is 2.29. The molecule has 0 amide bonds. The highest BCUT2D eigenvalue weighted by atomic mass is 16.5. The zero-order valence-corrected chi connectivity index (χ0v) is 7.83. The number of hydrogen-bond acceptors (Lipinski definition) is 3. The molecule has 0 aromatic heterocycles. The summed E-state index contributed by atoms with van der Waals surface area (Å²) in [5, 5.41) is 3.24. The van der Waals surface area contributed by atoms with Crippen molar-refractivity contribution in [1.29, 1.82) is 0 Å². The van der Waals surface area contributed by atoms with Crippen LogP contribution in [0.25, 0.3) is 0 Å². The van der Waals surface area contributed by atoms with E-state index in [1.165, 1.54) is 5.56 Å². The van der Waals surface area contributed by atoms with E-state index in [1.807, 2.05) is 18.2 Å². The normalized spacial score (nSPS) is 19.7. The molecule has 0 radical (unpaired) electrons. The molecule has 1 aliphatic rings. The van der Waals surface area contributed by atoms with Crippen molar-refractivity contribution in [3.63, 3.8) is 0 Å². The summed E-state index contributed by atoms with van der Waals surface area (Å²) in [6.07, 6.45) is 0. The summed E-state index contributed by atoms with van der Waals surface area (Å²) in [5.74, 6) is 1.70. The molecule has 0 spiro atoms. The molecule has 3 nitrogen and oxygen atoms in total. The zero-order valence-electron chi connectivity index (χ0n) is 7.83. The van der Waals surface area contributed by atoms with Gasteiger partial charge in [0.15, 0.2) is 0 Å². The maximum Gasteiger partial charge on any atom is 0.122 e. The smallest absolute Gasteiger partial charge is 0.122 e. The lowest BCUT2D eigenvalue weighted by atomic mass is 10.1. The number of ether oxygens (including phenoxy) is 2. The molecule has 1 fully saturated rings. The van der Waals surface area contributed by atoms with Gasteiger partial charge in [0.1, 0.15) is 11.5 Å². The van der Waals surface area contributed by atoms with E-state index in [0.29, 0.717) is 6.04 Å². The molecule has 70 valence electrons. The van der Waals surface area contributed by atoms with Crippen LogP contribution in [0.1, 0.15) is 11.6 Å². The summed E-state index contributed by atoms with van der Waals surface area (Å²) >= 11 is 0. The van der Waals surface area contributed by atoms with Gasteiger partial charge in [0.2, 0.25) is 0 Å². The molecule has 0 saturated carbocycles. The van der Waals surface area contributed by atoms with E-state index >= 15 is 0 Å². The SMILES string of the molecule is COc1cc(OC)cc([C@H]2CN2)c1. The molecule has 0 bridgehead atoms. The van der Waals surface area contributed by atoms with Gasteiger partial charge in [-0.3, -0.25) is 0 Å². The maximum absolute atomic E-state index is 5.17. The van der Waals surface area contributed by atoms with Crippen LogP contribution in [0.4, 0.5) is 0 Å². The predicted octanol–water partition coefficient (Wildman–Crippen LogP) is 1.35. The molecular weight excluding hydrogens is 166 g/mol. The fourth-order valence-corrected chi connectivity index (χ4v) is 1.33. The monoisotopic (exact) mass is 179 g/mol. The highest BCUT2D eigenvalue weighted by Gasteiger charge is 2.23. The van der Waals surface area contributed by atoms with Gasteiger partial charge in [0, 0.05) is 18.7 Å². The molecule has 1 atom stereocenters. The van der Waals surface area contributed by atoms with Crippen molar-refractivity contribution in [2.24, 2.45) is 0 Å². The summed E-state index contributed by atoms with van der Waals surface area (Å²) in [5.41, 5.74) is 1.23. The molecule has 1 aromatic carbocycles. The average Bonchev–Trinajstić information content (AvgIpc) is 3.00. The van der Waals surface area contributed by atoms with Crippen LogP contribution >= 0.6 is 0 Å². The van der Waals surface area contributed by atoms with Gasteiger partial charge < -0.3 is 14.8 Å². The van der Waals surface area contributed by atoms with E-state index in [2.05, 4.69) is 5.32 Å². The Morgan fingerprint density at radius 1 is 1.15 bits per heavy atom. The summed E-state index contributed by atoms with van der Waals surface area (Å²) < 4.78 is 10.3. The van der Waals surface area contributed by atoms with E-state index in [0.717, 1.165) is 18.0 Å². The largest absolute Gasteiger partial charge is 0.497 e. The van der Waals surface area contributed by atoms with Crippen LogP contribution < -0.4 is 14.8 Å². The van der Waals surface area contributed by atoms with Gasteiger partial charge in [-0.15, -0.1) is 0 Å². The van der Waals surface area contributed by atoms with Crippen LogP contribution in [0, 0.1) is 0 Å². The minimum Gasteiger partial charge on any atom is -0.497 e. The van der Waals surface area contributed by atoms with Crippen LogP contribution in [-0.2, 0) is 0 Å². The first-order valence-corrected chi connectivity index (χ1v) is 4.30. The van der Waals surface area contributed by atoms with Crippen LogP contribution in [0.3, 0.4) is 0 Å². The van der Waals surface area contributed by atoms with Gasteiger partial charge in [-0.05, 0) is 17.7 Å². The third-order valence-corrected chi connectivity index (χ3v) is 2.18. The van der Waals surface area contributed by atoms with Crippen molar-refractivity contribution >= 4 is 0 Å². The number of methoxy groups -OCH3 is 2. The Hall–Kier alpha value is -1.22. The second-order valence-corrected chi connectivity index (χ2v) is 3.11. The first kappa shape index (κ1) is 8.38. The topological polar surface area (TPSA) is 40.4 Å². The van der Waals surface area contributed by atoms with Gasteiger partial charge >= 0.3 is 0 Å². The minimum atomic E-state index is 0.490. The Labute approximate surface area is 77.7 Å². The van der Waals surface area contributed by atoms with Gasteiger partial charge in [-0.25, -0.2) is 0 Å². The fourth-order valence-electron chi connectivity index (χ4n) is 1.33. The molecule has 0 aliphatic carbocycles. The minimum absolute atomic E-state index is 0.490. The predicted molar refractivity (Wildman–Crippen MR) is 50.3 cm³/mol. The van der Waals surface area contributed by atoms with E-state index < -0.39 is 0 Å². The van der Waals surface area contributed by atoms with Crippen LogP contribution in [-0.4, -0.2) is 20.8 Å². The molecule has 3 heteroatoms. The number of nitrogens with one attached hydrogen (secondary N) is 1. The Balaban J connectivity index is 2.33. The van der Waals surface area contributed by atoms with Crippen molar-refractivity contribution in [3.8, 4) is 11.5 Å². The molecule has 1 aromatic rings. The van der Waals surface area contributed by atoms with Crippen molar-refractivity contribution in [1.82, 2.24) is 5.32 Å². The maximum atomic E-state index is 5.17. The summed E-state index contributed by atoms with van der Waals surface area (Å²) in [6, 6.07) is 6.44. The van der Waals surface area contributed by atoms with E-state index in [4.69, 9.17) is 9.47 Å². The zero-order chi connectivity index (χ0) is 9.26. The molecule has 1 aliphatic heterocycles. The van der Waals surface area contributed by atoms with Crippen LogP contribution in [0.15, 0.2) is 18.2 Å². The second kappa shape index (κ2) is 3.26. The first-order chi connectivity index (χ1) is 6.33. The molecule has 0 unspecified atom stereocenters. The Morgan fingerprint density at radius 3 is 2.08 bits per heavy atom. The molecule has 13 heavy (non-hydrogen) atoms. The highest BCUT2D eigenvalue weighted by molar-refractivity contribution is 5.41. The third-order valence-electron chi connectivity index (χ3n) is 2.18. The van der Waals surface area contributed by atoms with Crippen molar-refractivity contribution < 1.29 is 9.47 Å². The summed E-state index contributed by atoms with van der Waals surface area (Å²) in [4.78, 5) is 0. The average molecular weight is 179 g/mol. The number of benzene rings is 1. The quantitative estimate of drug-likeness (QED) is 0.712.